The molecule has 1 fully saturated rings. The Hall–Kier alpha value is -2.68. The van der Waals surface area contributed by atoms with Gasteiger partial charge in [-0.25, -0.2) is 9.18 Å². The van der Waals surface area contributed by atoms with Crippen molar-refractivity contribution < 1.29 is 23.8 Å². The first-order chi connectivity index (χ1) is 15.0. The minimum Gasteiger partial charge on any atom is -0.394 e. The highest BCUT2D eigenvalue weighted by molar-refractivity contribution is 6.30. The van der Waals surface area contributed by atoms with Crippen LogP contribution in [0.1, 0.15) is 29.6 Å². The Morgan fingerprint density at radius 3 is 2.58 bits per heavy atom. The highest BCUT2D eigenvalue weighted by atomic mass is 35.5. The molecule has 0 saturated carbocycles. The van der Waals surface area contributed by atoms with Crippen LogP contribution in [-0.2, 0) is 4.74 Å². The van der Waals surface area contributed by atoms with Gasteiger partial charge in [0.2, 0.25) is 0 Å². The van der Waals surface area contributed by atoms with Crippen molar-refractivity contribution in [2.75, 3.05) is 18.5 Å². The van der Waals surface area contributed by atoms with Crippen molar-refractivity contribution in [3.8, 4) is 0 Å². The lowest BCUT2D eigenvalue weighted by atomic mass is 9.97. The van der Waals surface area contributed by atoms with Gasteiger partial charge in [-0.3, -0.25) is 4.79 Å². The van der Waals surface area contributed by atoms with Crippen LogP contribution in [0.25, 0.3) is 0 Å². The first-order valence-electron chi connectivity index (χ1n) is 10.1. The second-order valence-electron chi connectivity index (χ2n) is 7.29. The van der Waals surface area contributed by atoms with Gasteiger partial charge in [-0.2, -0.15) is 0 Å². The number of carbonyl (C=O) groups is 2. The number of anilines is 1. The van der Waals surface area contributed by atoms with Gasteiger partial charge in [0.05, 0.1) is 24.3 Å². The Morgan fingerprint density at radius 1 is 1.13 bits per heavy atom. The van der Waals surface area contributed by atoms with Gasteiger partial charge in [0.1, 0.15) is 11.9 Å². The van der Waals surface area contributed by atoms with Gasteiger partial charge in [0, 0.05) is 17.3 Å². The molecule has 31 heavy (non-hydrogen) atoms. The van der Waals surface area contributed by atoms with Gasteiger partial charge in [-0.15, -0.1) is 0 Å². The van der Waals surface area contributed by atoms with Gasteiger partial charge in [-0.1, -0.05) is 23.7 Å². The number of amides is 3. The Kier molecular flexibility index (Phi) is 8.22. The molecule has 7 nitrogen and oxygen atoms in total. The molecule has 3 amide bonds. The normalized spacial score (nSPS) is 20.7. The van der Waals surface area contributed by atoms with Gasteiger partial charge >= 0.3 is 6.03 Å². The molecule has 1 heterocycles. The van der Waals surface area contributed by atoms with Crippen LogP contribution in [0.4, 0.5) is 14.9 Å². The number of hydrogen-bond donors (Lipinski definition) is 4. The highest BCUT2D eigenvalue weighted by Gasteiger charge is 2.31. The number of carbonyl (C=O) groups excluding carboxylic acids is 2. The number of aliphatic hydroxyl groups excluding tert-OH is 1. The van der Waals surface area contributed by atoms with Crippen molar-refractivity contribution in [3.05, 3.63) is 64.9 Å². The molecule has 3 rings (SSSR count). The van der Waals surface area contributed by atoms with E-state index in [2.05, 4.69) is 16.0 Å². The second-order valence-corrected chi connectivity index (χ2v) is 7.73. The Bertz CT molecular complexity index is 897. The van der Waals surface area contributed by atoms with E-state index in [0.29, 0.717) is 36.5 Å². The molecule has 0 spiro atoms. The Labute approximate surface area is 184 Å². The maximum Gasteiger partial charge on any atom is 0.319 e. The van der Waals surface area contributed by atoms with Crippen molar-refractivity contribution >= 4 is 29.2 Å². The van der Waals surface area contributed by atoms with E-state index >= 15 is 0 Å². The molecule has 4 N–H and O–H groups in total. The average Bonchev–Trinajstić information content (AvgIpc) is 2.76. The molecule has 0 aliphatic carbocycles. The number of aliphatic hydroxyl groups is 1. The second kappa shape index (κ2) is 11.1. The van der Waals surface area contributed by atoms with Crippen molar-refractivity contribution in [2.24, 2.45) is 0 Å². The smallest absolute Gasteiger partial charge is 0.319 e. The molecule has 166 valence electrons. The van der Waals surface area contributed by atoms with Gasteiger partial charge < -0.3 is 25.8 Å². The fraction of sp³-hybridized carbons (Fsp3) is 0.364. The SMILES string of the molecule is O=C(Nc1ccc(Cl)cc1)N[C@@H]1CC[C@@H](CCNC(=O)c2ccccc2F)O[C@H]1CO. The zero-order valence-corrected chi connectivity index (χ0v) is 17.6. The van der Waals surface area contributed by atoms with Crippen molar-refractivity contribution in [1.82, 2.24) is 10.6 Å². The van der Waals surface area contributed by atoms with Crippen molar-refractivity contribution in [1.29, 1.82) is 0 Å². The predicted octanol–water partition coefficient (Wildman–Crippen LogP) is 3.33. The van der Waals surface area contributed by atoms with E-state index in [1.165, 1.54) is 18.2 Å². The summed E-state index contributed by atoms with van der Waals surface area (Å²) in [5, 5.41) is 18.5. The molecular weight excluding hydrogens is 425 g/mol. The molecular formula is C22H25ClFN3O4. The summed E-state index contributed by atoms with van der Waals surface area (Å²) < 4.78 is 19.6. The van der Waals surface area contributed by atoms with E-state index in [1.807, 2.05) is 0 Å². The summed E-state index contributed by atoms with van der Waals surface area (Å²) >= 11 is 5.83. The van der Waals surface area contributed by atoms with Crippen LogP contribution in [0.5, 0.6) is 0 Å². The monoisotopic (exact) mass is 449 g/mol. The van der Waals surface area contributed by atoms with E-state index < -0.39 is 23.9 Å². The maximum atomic E-state index is 13.7. The minimum atomic E-state index is -0.569. The lowest BCUT2D eigenvalue weighted by Crippen LogP contribution is -2.52. The molecule has 2 aromatic rings. The summed E-state index contributed by atoms with van der Waals surface area (Å²) in [6.07, 6.45) is 1.04. The lowest BCUT2D eigenvalue weighted by Gasteiger charge is -2.36. The molecule has 0 radical (unpaired) electrons. The Morgan fingerprint density at radius 2 is 1.87 bits per heavy atom. The molecule has 1 aliphatic heterocycles. The van der Waals surface area contributed by atoms with E-state index in [9.17, 15) is 19.1 Å². The van der Waals surface area contributed by atoms with Crippen LogP contribution in [0.3, 0.4) is 0 Å². The standard InChI is InChI=1S/C22H25ClFN3O4/c23-14-5-7-15(8-6-14)26-22(30)27-19-10-9-16(31-20(19)13-28)11-12-25-21(29)17-3-1-2-4-18(17)24/h1-8,16,19-20,28H,9-13H2,(H,25,29)(H2,26,27,30)/t16-,19+,20-/m0/s1. The number of benzene rings is 2. The molecule has 0 bridgehead atoms. The predicted molar refractivity (Wildman–Crippen MR) is 116 cm³/mol. The van der Waals surface area contributed by atoms with Gasteiger partial charge in [0.25, 0.3) is 5.91 Å². The fourth-order valence-electron chi connectivity index (χ4n) is 3.47. The van der Waals surface area contributed by atoms with Crippen molar-refractivity contribution in [2.45, 2.75) is 37.5 Å². The van der Waals surface area contributed by atoms with Gasteiger partial charge in [-0.05, 0) is 55.7 Å². The van der Waals surface area contributed by atoms with E-state index in [0.717, 1.165) is 0 Å². The van der Waals surface area contributed by atoms with E-state index in [4.69, 9.17) is 16.3 Å². The highest BCUT2D eigenvalue weighted by Crippen LogP contribution is 2.22. The first kappa shape index (κ1) is 23.0. The van der Waals surface area contributed by atoms with E-state index in [1.54, 1.807) is 30.3 Å². The minimum absolute atomic E-state index is 0.00346. The topological polar surface area (TPSA) is 99.7 Å². The van der Waals surface area contributed by atoms with Crippen LogP contribution in [0, 0.1) is 5.82 Å². The third-order valence-electron chi connectivity index (χ3n) is 5.08. The maximum absolute atomic E-state index is 13.7. The summed E-state index contributed by atoms with van der Waals surface area (Å²) in [6, 6.07) is 11.8. The van der Waals surface area contributed by atoms with E-state index in [-0.39, 0.29) is 24.3 Å². The van der Waals surface area contributed by atoms with Crippen LogP contribution in [0.15, 0.2) is 48.5 Å². The largest absolute Gasteiger partial charge is 0.394 e. The molecule has 9 heteroatoms. The lowest BCUT2D eigenvalue weighted by molar-refractivity contribution is -0.0886. The fourth-order valence-corrected chi connectivity index (χ4v) is 3.59. The zero-order chi connectivity index (χ0) is 22.2. The number of rotatable bonds is 7. The number of hydrogen-bond acceptors (Lipinski definition) is 4. The average molecular weight is 450 g/mol. The summed E-state index contributed by atoms with van der Waals surface area (Å²) in [5.74, 6) is -1.05. The summed E-state index contributed by atoms with van der Waals surface area (Å²) in [4.78, 5) is 24.3. The molecule has 1 aliphatic rings. The summed E-state index contributed by atoms with van der Waals surface area (Å²) in [6.45, 7) is 0.0646. The molecule has 3 atom stereocenters. The summed E-state index contributed by atoms with van der Waals surface area (Å²) in [7, 11) is 0. The number of halogens is 2. The molecule has 0 aromatic heterocycles. The summed E-state index contributed by atoms with van der Waals surface area (Å²) in [5.41, 5.74) is 0.596. The third-order valence-corrected chi connectivity index (χ3v) is 5.34. The van der Waals surface area contributed by atoms with Crippen LogP contribution < -0.4 is 16.0 Å². The quantitative estimate of drug-likeness (QED) is 0.521. The molecule has 2 aromatic carbocycles. The van der Waals surface area contributed by atoms with Crippen LogP contribution >= 0.6 is 11.6 Å². The van der Waals surface area contributed by atoms with Crippen LogP contribution in [0.2, 0.25) is 5.02 Å². The zero-order valence-electron chi connectivity index (χ0n) is 16.8. The third kappa shape index (κ3) is 6.65. The molecule has 1 saturated heterocycles. The van der Waals surface area contributed by atoms with Gasteiger partial charge in [0.15, 0.2) is 0 Å². The van der Waals surface area contributed by atoms with Crippen LogP contribution in [-0.4, -0.2) is 48.4 Å². The number of ether oxygens (including phenoxy) is 1. The number of nitrogens with one attached hydrogen (secondary N) is 3. The Balaban J connectivity index is 1.43. The molecule has 0 unspecified atom stereocenters. The first-order valence-corrected chi connectivity index (χ1v) is 10.5. The number of urea groups is 1. The van der Waals surface area contributed by atoms with Crippen molar-refractivity contribution in [3.63, 3.8) is 0 Å².